The van der Waals surface area contributed by atoms with Gasteiger partial charge in [-0.2, -0.15) is 0 Å². The Kier molecular flexibility index (Phi) is 4.13. The summed E-state index contributed by atoms with van der Waals surface area (Å²) >= 11 is 0. The second-order valence-electron chi connectivity index (χ2n) is 6.07. The highest BCUT2D eigenvalue weighted by atomic mass is 16.1. The van der Waals surface area contributed by atoms with Crippen LogP contribution in [0.1, 0.15) is 27.2 Å². The Labute approximate surface area is 146 Å². The van der Waals surface area contributed by atoms with Gasteiger partial charge >= 0.3 is 0 Å². The van der Waals surface area contributed by atoms with Gasteiger partial charge in [-0.15, -0.1) is 0 Å². The van der Waals surface area contributed by atoms with Crippen LogP contribution in [-0.2, 0) is 12.8 Å². The van der Waals surface area contributed by atoms with Crippen molar-refractivity contribution in [2.24, 2.45) is 0 Å². The highest BCUT2D eigenvalue weighted by Crippen LogP contribution is 2.26. The van der Waals surface area contributed by atoms with Crippen LogP contribution in [0.25, 0.3) is 10.9 Å². The molecule has 3 nitrogen and oxygen atoms in total. The molecule has 0 bridgehead atoms. The van der Waals surface area contributed by atoms with Gasteiger partial charge in [-0.25, -0.2) is 0 Å². The summed E-state index contributed by atoms with van der Waals surface area (Å²) in [5.41, 5.74) is 4.72. The van der Waals surface area contributed by atoms with Crippen molar-refractivity contribution >= 4 is 16.7 Å². The molecule has 0 aliphatic rings. The summed E-state index contributed by atoms with van der Waals surface area (Å²) in [6.45, 7) is 0. The molecule has 2 aromatic carbocycles. The summed E-state index contributed by atoms with van der Waals surface area (Å²) in [5, 5.41) is 0.987. The van der Waals surface area contributed by atoms with Gasteiger partial charge in [0, 0.05) is 34.6 Å². The van der Waals surface area contributed by atoms with Crippen LogP contribution < -0.4 is 0 Å². The topological polar surface area (TPSA) is 45.8 Å². The predicted molar refractivity (Wildman–Crippen MR) is 99.8 cm³/mol. The number of carbonyl (C=O) groups excluding carboxylic acids is 1. The van der Waals surface area contributed by atoms with Crippen molar-refractivity contribution in [3.05, 3.63) is 102 Å². The van der Waals surface area contributed by atoms with Crippen molar-refractivity contribution in [1.29, 1.82) is 0 Å². The van der Waals surface area contributed by atoms with Crippen molar-refractivity contribution < 1.29 is 4.79 Å². The van der Waals surface area contributed by atoms with Gasteiger partial charge in [0.25, 0.3) is 0 Å². The third kappa shape index (κ3) is 3.09. The van der Waals surface area contributed by atoms with Crippen LogP contribution in [0, 0.1) is 0 Å². The van der Waals surface area contributed by atoms with Crippen LogP contribution in [0.3, 0.4) is 0 Å². The lowest BCUT2D eigenvalue weighted by Gasteiger charge is -2.05. The van der Waals surface area contributed by atoms with E-state index in [1.807, 2.05) is 66.7 Å². The van der Waals surface area contributed by atoms with Gasteiger partial charge in [0.05, 0.1) is 5.56 Å². The van der Waals surface area contributed by atoms with E-state index >= 15 is 0 Å². The molecule has 2 aromatic heterocycles. The van der Waals surface area contributed by atoms with E-state index in [1.54, 1.807) is 12.4 Å². The quantitative estimate of drug-likeness (QED) is 0.546. The molecule has 0 aliphatic carbocycles. The fraction of sp³-hybridized carbons (Fsp3) is 0.0909. The molecule has 122 valence electrons. The van der Waals surface area contributed by atoms with Crippen LogP contribution in [0.5, 0.6) is 0 Å². The number of para-hydroxylation sites is 1. The highest BCUT2D eigenvalue weighted by molar-refractivity contribution is 6.17. The minimum absolute atomic E-state index is 0.0720. The molecule has 0 aliphatic heterocycles. The number of nitrogens with one attached hydrogen (secondary N) is 1. The molecule has 0 atom stereocenters. The molecule has 0 fully saturated rings. The zero-order valence-corrected chi connectivity index (χ0v) is 13.8. The molecule has 0 radical (unpaired) electrons. The maximum absolute atomic E-state index is 13.1. The lowest BCUT2D eigenvalue weighted by Crippen LogP contribution is -2.05. The van der Waals surface area contributed by atoms with Crippen LogP contribution in [0.2, 0.25) is 0 Å². The van der Waals surface area contributed by atoms with Gasteiger partial charge in [-0.3, -0.25) is 9.78 Å². The SMILES string of the molecule is O=C(c1ccccc1)c1c(CCc2ccncc2)[nH]c2ccccc12. The minimum Gasteiger partial charge on any atom is -0.358 e. The predicted octanol–water partition coefficient (Wildman–Crippen LogP) is 4.58. The van der Waals surface area contributed by atoms with Gasteiger partial charge < -0.3 is 4.98 Å². The zero-order chi connectivity index (χ0) is 17.1. The second-order valence-corrected chi connectivity index (χ2v) is 6.07. The van der Waals surface area contributed by atoms with E-state index in [-0.39, 0.29) is 5.78 Å². The highest BCUT2D eigenvalue weighted by Gasteiger charge is 2.19. The van der Waals surface area contributed by atoms with Crippen molar-refractivity contribution in [2.75, 3.05) is 0 Å². The minimum atomic E-state index is 0.0720. The van der Waals surface area contributed by atoms with Gasteiger partial charge in [0.15, 0.2) is 5.78 Å². The fourth-order valence-corrected chi connectivity index (χ4v) is 3.20. The van der Waals surface area contributed by atoms with E-state index in [1.165, 1.54) is 5.56 Å². The van der Waals surface area contributed by atoms with E-state index in [2.05, 4.69) is 9.97 Å². The maximum Gasteiger partial charge on any atom is 0.195 e. The number of fused-ring (bicyclic) bond motifs is 1. The molecule has 4 aromatic rings. The zero-order valence-electron chi connectivity index (χ0n) is 13.8. The van der Waals surface area contributed by atoms with Gasteiger partial charge in [0.2, 0.25) is 0 Å². The summed E-state index contributed by atoms with van der Waals surface area (Å²) in [6.07, 6.45) is 5.25. The molecule has 0 saturated heterocycles. The molecule has 25 heavy (non-hydrogen) atoms. The van der Waals surface area contributed by atoms with Crippen LogP contribution >= 0.6 is 0 Å². The smallest absolute Gasteiger partial charge is 0.195 e. The fourth-order valence-electron chi connectivity index (χ4n) is 3.20. The standard InChI is InChI=1S/C22H18N2O/c25-22(17-6-2-1-3-7-17)21-18-8-4-5-9-19(18)24-20(21)11-10-16-12-14-23-15-13-16/h1-9,12-15,24H,10-11H2. The average Bonchev–Trinajstić information content (AvgIpc) is 3.05. The van der Waals surface area contributed by atoms with E-state index in [4.69, 9.17) is 0 Å². The molecule has 3 heteroatoms. The van der Waals surface area contributed by atoms with Crippen molar-refractivity contribution in [3.8, 4) is 0 Å². The van der Waals surface area contributed by atoms with Crippen LogP contribution in [0.4, 0.5) is 0 Å². The molecule has 2 heterocycles. The Hall–Kier alpha value is -3.20. The number of rotatable bonds is 5. The summed E-state index contributed by atoms with van der Waals surface area (Å²) in [7, 11) is 0. The summed E-state index contributed by atoms with van der Waals surface area (Å²) in [4.78, 5) is 20.6. The van der Waals surface area contributed by atoms with Crippen molar-refractivity contribution in [1.82, 2.24) is 9.97 Å². The number of aromatic amines is 1. The van der Waals surface area contributed by atoms with Gasteiger partial charge in [-0.1, -0.05) is 48.5 Å². The Morgan fingerprint density at radius 1 is 0.840 bits per heavy atom. The summed E-state index contributed by atoms with van der Waals surface area (Å²) < 4.78 is 0. The Morgan fingerprint density at radius 2 is 1.56 bits per heavy atom. The largest absolute Gasteiger partial charge is 0.358 e. The number of H-pyrrole nitrogens is 1. The van der Waals surface area contributed by atoms with E-state index in [0.717, 1.165) is 40.6 Å². The number of pyridine rings is 1. The first-order valence-electron chi connectivity index (χ1n) is 8.41. The molecule has 0 saturated carbocycles. The Morgan fingerprint density at radius 3 is 2.36 bits per heavy atom. The first kappa shape index (κ1) is 15.3. The second kappa shape index (κ2) is 6.73. The third-order valence-corrected chi connectivity index (χ3v) is 4.46. The molecular weight excluding hydrogens is 308 g/mol. The number of nitrogens with zero attached hydrogens (tertiary/aromatic N) is 1. The monoisotopic (exact) mass is 326 g/mol. The van der Waals surface area contributed by atoms with Gasteiger partial charge in [-0.05, 0) is 36.6 Å². The molecule has 0 amide bonds. The number of aryl methyl sites for hydroxylation is 2. The number of ketones is 1. The lowest BCUT2D eigenvalue weighted by molar-refractivity contribution is 0.103. The molecular formula is C22H18N2O. The maximum atomic E-state index is 13.1. The average molecular weight is 326 g/mol. The number of aromatic nitrogens is 2. The molecule has 0 spiro atoms. The number of hydrogen-bond acceptors (Lipinski definition) is 2. The molecule has 0 unspecified atom stereocenters. The summed E-state index contributed by atoms with van der Waals surface area (Å²) in [6, 6.07) is 21.5. The van der Waals surface area contributed by atoms with E-state index < -0.39 is 0 Å². The molecule has 4 rings (SSSR count). The normalized spacial score (nSPS) is 10.9. The first-order chi connectivity index (χ1) is 12.3. The van der Waals surface area contributed by atoms with Crippen LogP contribution in [-0.4, -0.2) is 15.8 Å². The van der Waals surface area contributed by atoms with Crippen molar-refractivity contribution in [3.63, 3.8) is 0 Å². The van der Waals surface area contributed by atoms with Crippen molar-refractivity contribution in [2.45, 2.75) is 12.8 Å². The van der Waals surface area contributed by atoms with E-state index in [0.29, 0.717) is 0 Å². The number of hydrogen-bond donors (Lipinski definition) is 1. The van der Waals surface area contributed by atoms with Crippen LogP contribution in [0.15, 0.2) is 79.1 Å². The first-order valence-corrected chi connectivity index (χ1v) is 8.41. The van der Waals surface area contributed by atoms with Gasteiger partial charge in [0.1, 0.15) is 0 Å². The Bertz CT molecular complexity index is 1000. The summed E-state index contributed by atoms with van der Waals surface area (Å²) in [5.74, 6) is 0.0720. The Balaban J connectivity index is 1.74. The number of benzene rings is 2. The number of carbonyl (C=O) groups is 1. The van der Waals surface area contributed by atoms with E-state index in [9.17, 15) is 4.79 Å². The lowest BCUT2D eigenvalue weighted by atomic mass is 9.97. The third-order valence-electron chi connectivity index (χ3n) is 4.46. The molecule has 1 N–H and O–H groups in total.